The Labute approximate surface area is 261 Å². The largest absolute Gasteiger partial charge is 0.465 e. The van der Waals surface area contributed by atoms with E-state index in [4.69, 9.17) is 13.9 Å². The Morgan fingerprint density at radius 2 is 1.34 bits per heavy atom. The van der Waals surface area contributed by atoms with Crippen LogP contribution >= 0.6 is 0 Å². The van der Waals surface area contributed by atoms with Crippen molar-refractivity contribution in [1.82, 2.24) is 4.90 Å². The molecule has 0 bridgehead atoms. The Hall–Kier alpha value is -4.20. The van der Waals surface area contributed by atoms with Crippen molar-refractivity contribution in [3.63, 3.8) is 0 Å². The molecule has 1 saturated heterocycles. The van der Waals surface area contributed by atoms with Gasteiger partial charge in [0.1, 0.15) is 6.61 Å². The van der Waals surface area contributed by atoms with Crippen LogP contribution in [0.4, 0.5) is 4.79 Å². The lowest BCUT2D eigenvalue weighted by Crippen LogP contribution is -2.68. The van der Waals surface area contributed by atoms with E-state index >= 15 is 0 Å². The van der Waals surface area contributed by atoms with Crippen LogP contribution in [-0.4, -0.2) is 45.0 Å². The van der Waals surface area contributed by atoms with Gasteiger partial charge in [-0.3, -0.25) is 0 Å². The number of carbonyl (C=O) groups excluding carboxylic acids is 2. The zero-order valence-electron chi connectivity index (χ0n) is 25.9. The van der Waals surface area contributed by atoms with Gasteiger partial charge in [0, 0.05) is 12.6 Å². The minimum absolute atomic E-state index is 0.107. The van der Waals surface area contributed by atoms with Crippen LogP contribution in [0.2, 0.25) is 5.04 Å². The van der Waals surface area contributed by atoms with E-state index in [2.05, 4.69) is 69.3 Å². The van der Waals surface area contributed by atoms with E-state index in [9.17, 15) is 9.59 Å². The fraction of sp³-hybridized carbons (Fsp3) is 0.297. The van der Waals surface area contributed by atoms with Crippen LogP contribution in [0.1, 0.15) is 61.1 Å². The van der Waals surface area contributed by atoms with Gasteiger partial charge < -0.3 is 18.8 Å². The quantitative estimate of drug-likeness (QED) is 0.161. The maximum atomic E-state index is 13.6. The van der Waals surface area contributed by atoms with Crippen LogP contribution in [0.25, 0.3) is 0 Å². The molecule has 1 amide bonds. The molecule has 7 heteroatoms. The highest BCUT2D eigenvalue weighted by molar-refractivity contribution is 6.99. The molecule has 6 nitrogen and oxygen atoms in total. The van der Waals surface area contributed by atoms with Gasteiger partial charge in [0.05, 0.1) is 18.7 Å². The second kappa shape index (κ2) is 13.6. The summed E-state index contributed by atoms with van der Waals surface area (Å²) in [7, 11) is -1.43. The van der Waals surface area contributed by atoms with Crippen molar-refractivity contribution in [2.24, 2.45) is 0 Å². The minimum Gasteiger partial charge on any atom is -0.465 e. The third-order valence-electron chi connectivity index (χ3n) is 8.47. The van der Waals surface area contributed by atoms with Crippen LogP contribution in [0.3, 0.4) is 0 Å². The first-order valence-electron chi connectivity index (χ1n) is 15.2. The van der Waals surface area contributed by atoms with Gasteiger partial charge in [-0.1, -0.05) is 124 Å². The molecule has 0 unspecified atom stereocenters. The molecule has 0 N–H and O–H groups in total. The lowest BCUT2D eigenvalue weighted by Gasteiger charge is -2.48. The van der Waals surface area contributed by atoms with Gasteiger partial charge in [0.15, 0.2) is 0 Å². The van der Waals surface area contributed by atoms with Crippen LogP contribution in [0, 0.1) is 0 Å². The molecule has 0 radical (unpaired) electrons. The molecule has 1 fully saturated rings. The molecule has 0 spiro atoms. The maximum absolute atomic E-state index is 13.6. The zero-order chi connectivity index (χ0) is 31.2. The molecule has 0 aliphatic carbocycles. The first kappa shape index (κ1) is 31.2. The average Bonchev–Trinajstić information content (AvgIpc) is 3.06. The molecular formula is C37H41NO5Si. The van der Waals surface area contributed by atoms with Gasteiger partial charge in [-0.15, -0.1) is 0 Å². The number of rotatable bonds is 8. The van der Waals surface area contributed by atoms with Crippen LogP contribution < -0.4 is 10.4 Å². The van der Waals surface area contributed by atoms with Gasteiger partial charge in [-0.05, 0) is 51.5 Å². The normalized spacial score (nSPS) is 17.1. The summed E-state index contributed by atoms with van der Waals surface area (Å²) in [5.41, 5.74) is 2.32. The monoisotopic (exact) mass is 607 g/mol. The lowest BCUT2D eigenvalue weighted by atomic mass is 9.93. The molecule has 0 aromatic heterocycles. The number of nitrogens with zero attached hydrogens (tertiary/aromatic N) is 1. The molecule has 1 aliphatic heterocycles. The summed E-state index contributed by atoms with van der Waals surface area (Å²) in [6.45, 7) is 7.51. The van der Waals surface area contributed by atoms with Crippen LogP contribution in [0.15, 0.2) is 115 Å². The third-order valence-corrected chi connectivity index (χ3v) is 13.6. The topological polar surface area (TPSA) is 65.1 Å². The van der Waals surface area contributed by atoms with E-state index < -0.39 is 14.3 Å². The molecule has 1 heterocycles. The fourth-order valence-electron chi connectivity index (χ4n) is 6.28. The van der Waals surface area contributed by atoms with Gasteiger partial charge >= 0.3 is 12.1 Å². The number of piperidine rings is 1. The van der Waals surface area contributed by atoms with Crippen molar-refractivity contribution in [2.45, 2.75) is 57.4 Å². The van der Waals surface area contributed by atoms with Crippen molar-refractivity contribution in [1.29, 1.82) is 0 Å². The minimum atomic E-state index is -2.80. The summed E-state index contributed by atoms with van der Waals surface area (Å²) in [5, 5.41) is 2.28. The van der Waals surface area contributed by atoms with E-state index in [1.54, 1.807) is 17.0 Å². The average molecular weight is 608 g/mol. The van der Waals surface area contributed by atoms with Gasteiger partial charge in [0.25, 0.3) is 8.32 Å². The third kappa shape index (κ3) is 6.64. The Balaban J connectivity index is 1.48. The summed E-state index contributed by atoms with van der Waals surface area (Å²) in [6, 6.07) is 38.0. The Kier molecular flexibility index (Phi) is 9.67. The van der Waals surface area contributed by atoms with Gasteiger partial charge in [-0.25, -0.2) is 9.59 Å². The summed E-state index contributed by atoms with van der Waals surface area (Å²) in [5.74, 6) is -0.396. The molecule has 4 aromatic rings. The maximum Gasteiger partial charge on any atom is 0.410 e. The van der Waals surface area contributed by atoms with Crippen LogP contribution in [-0.2, 0) is 20.5 Å². The van der Waals surface area contributed by atoms with Crippen molar-refractivity contribution >= 4 is 30.8 Å². The highest BCUT2D eigenvalue weighted by atomic mass is 28.4. The molecule has 44 heavy (non-hydrogen) atoms. The van der Waals surface area contributed by atoms with Crippen molar-refractivity contribution in [3.8, 4) is 0 Å². The summed E-state index contributed by atoms with van der Waals surface area (Å²) >= 11 is 0. The van der Waals surface area contributed by atoms with E-state index in [1.165, 1.54) is 17.5 Å². The second-order valence-corrected chi connectivity index (χ2v) is 16.5. The summed E-state index contributed by atoms with van der Waals surface area (Å²) in [4.78, 5) is 27.5. The Bertz CT molecular complexity index is 1480. The van der Waals surface area contributed by atoms with Gasteiger partial charge in [0.2, 0.25) is 0 Å². The van der Waals surface area contributed by atoms with Gasteiger partial charge in [-0.2, -0.15) is 0 Å². The van der Waals surface area contributed by atoms with Crippen LogP contribution in [0.5, 0.6) is 0 Å². The summed E-state index contributed by atoms with van der Waals surface area (Å²) < 4.78 is 18.2. The lowest BCUT2D eigenvalue weighted by molar-refractivity contribution is 0.0311. The number of ether oxygens (including phenoxy) is 2. The number of benzene rings is 4. The number of likely N-dealkylation sites (tertiary alicyclic amines) is 1. The Morgan fingerprint density at radius 3 is 1.86 bits per heavy atom. The molecule has 2 atom stereocenters. The number of esters is 1. The SMILES string of the molecule is COC(=O)c1ccc([C@@H]2C[C@@H](O[Si](c3ccccc3)(c3ccccc3)C(C)(C)C)CCN2C(=O)OCc2ccccc2)cc1. The number of hydrogen-bond donors (Lipinski definition) is 0. The number of amides is 1. The van der Waals surface area contributed by atoms with E-state index in [0.29, 0.717) is 24.9 Å². The predicted octanol–water partition coefficient (Wildman–Crippen LogP) is 6.89. The number of carbonyl (C=O) groups is 2. The molecule has 1 aliphatic rings. The first-order valence-corrected chi connectivity index (χ1v) is 17.1. The smallest absolute Gasteiger partial charge is 0.410 e. The number of hydrogen-bond acceptors (Lipinski definition) is 5. The molecule has 0 saturated carbocycles. The zero-order valence-corrected chi connectivity index (χ0v) is 26.9. The Morgan fingerprint density at radius 1 is 0.795 bits per heavy atom. The number of methoxy groups -OCH3 is 1. The van der Waals surface area contributed by atoms with E-state index in [0.717, 1.165) is 11.1 Å². The highest BCUT2D eigenvalue weighted by Crippen LogP contribution is 2.41. The first-order chi connectivity index (χ1) is 21.2. The standard InChI is InChI=1S/C37H41NO5Si/c1-37(2,3)44(32-16-10-6-11-17-32,33-18-12-7-13-19-33)43-31-24-25-38(36(40)42-27-28-14-8-5-9-15-28)34(26-31)29-20-22-30(23-21-29)35(39)41-4/h5-23,31,34H,24-27H2,1-4H3/t31-,34-/m0/s1. The highest BCUT2D eigenvalue weighted by Gasteiger charge is 2.52. The summed E-state index contributed by atoms with van der Waals surface area (Å²) in [6.07, 6.45) is 0.814. The van der Waals surface area contributed by atoms with Crippen molar-refractivity contribution in [3.05, 3.63) is 132 Å². The predicted molar refractivity (Wildman–Crippen MR) is 176 cm³/mol. The molecule has 5 rings (SSSR count). The van der Waals surface area contributed by atoms with E-state index in [1.807, 2.05) is 54.6 Å². The fourth-order valence-corrected chi connectivity index (χ4v) is 11.0. The van der Waals surface area contributed by atoms with Crippen molar-refractivity contribution in [2.75, 3.05) is 13.7 Å². The van der Waals surface area contributed by atoms with Crippen molar-refractivity contribution < 1.29 is 23.5 Å². The molecule has 228 valence electrons. The second-order valence-electron chi connectivity index (χ2n) is 12.3. The van der Waals surface area contributed by atoms with E-state index in [-0.39, 0.29) is 29.9 Å². The molecule has 4 aromatic carbocycles. The molecular weight excluding hydrogens is 566 g/mol.